The zero-order valence-corrected chi connectivity index (χ0v) is 16.0. The third-order valence-corrected chi connectivity index (χ3v) is 5.79. The second kappa shape index (κ2) is 7.92. The topological polar surface area (TPSA) is 48.4 Å². The lowest BCUT2D eigenvalue weighted by atomic mass is 9.86. The number of pyridine rings is 1. The SMILES string of the molecule is COC(=O)c1ccncc1CC[C@H]1CCOc2cc(-c3ccsc3)ccc21. The van der Waals surface area contributed by atoms with Gasteiger partial charge in [-0.05, 0) is 76.4 Å². The van der Waals surface area contributed by atoms with E-state index in [1.54, 1.807) is 29.8 Å². The van der Waals surface area contributed by atoms with Crippen molar-refractivity contribution >= 4 is 17.3 Å². The molecule has 4 rings (SSSR count). The summed E-state index contributed by atoms with van der Waals surface area (Å²) in [5, 5.41) is 4.24. The van der Waals surface area contributed by atoms with Crippen LogP contribution in [-0.4, -0.2) is 24.7 Å². The van der Waals surface area contributed by atoms with Crippen LogP contribution in [0.3, 0.4) is 0 Å². The molecule has 0 fully saturated rings. The summed E-state index contributed by atoms with van der Waals surface area (Å²) < 4.78 is 10.8. The molecule has 0 amide bonds. The molecule has 0 unspecified atom stereocenters. The Bertz CT molecular complexity index is 936. The second-order valence-corrected chi connectivity index (χ2v) is 7.44. The van der Waals surface area contributed by atoms with Crippen LogP contribution in [0.15, 0.2) is 53.5 Å². The van der Waals surface area contributed by atoms with E-state index in [2.05, 4.69) is 40.0 Å². The minimum Gasteiger partial charge on any atom is -0.493 e. The van der Waals surface area contributed by atoms with Crippen LogP contribution in [0.1, 0.15) is 40.2 Å². The van der Waals surface area contributed by atoms with Crippen molar-refractivity contribution in [2.45, 2.75) is 25.2 Å². The summed E-state index contributed by atoms with van der Waals surface area (Å²) in [4.78, 5) is 16.1. The number of fused-ring (bicyclic) bond motifs is 1. The molecule has 1 aliphatic heterocycles. The van der Waals surface area contributed by atoms with Crippen LogP contribution in [0.25, 0.3) is 11.1 Å². The fraction of sp³-hybridized carbons (Fsp3) is 0.273. The first-order chi connectivity index (χ1) is 13.3. The molecule has 3 aromatic rings. The summed E-state index contributed by atoms with van der Waals surface area (Å²) in [5.74, 6) is 1.09. The van der Waals surface area contributed by atoms with Crippen LogP contribution in [0.5, 0.6) is 5.75 Å². The van der Waals surface area contributed by atoms with E-state index >= 15 is 0 Å². The smallest absolute Gasteiger partial charge is 0.338 e. The number of aromatic nitrogens is 1. The third-order valence-electron chi connectivity index (χ3n) is 5.10. The number of hydrogen-bond donors (Lipinski definition) is 0. The lowest BCUT2D eigenvalue weighted by Crippen LogP contribution is -2.15. The van der Waals surface area contributed by atoms with Gasteiger partial charge in [0, 0.05) is 12.4 Å². The molecule has 4 nitrogen and oxygen atoms in total. The van der Waals surface area contributed by atoms with E-state index in [1.165, 1.54) is 23.8 Å². The average Bonchev–Trinajstić information content (AvgIpc) is 3.26. The normalized spacial score (nSPS) is 15.7. The molecule has 0 saturated carbocycles. The van der Waals surface area contributed by atoms with Gasteiger partial charge in [0.25, 0.3) is 0 Å². The molecule has 0 spiro atoms. The van der Waals surface area contributed by atoms with Gasteiger partial charge in [-0.3, -0.25) is 4.98 Å². The van der Waals surface area contributed by atoms with E-state index in [4.69, 9.17) is 9.47 Å². The quantitative estimate of drug-likeness (QED) is 0.579. The summed E-state index contributed by atoms with van der Waals surface area (Å²) in [5.41, 5.74) is 5.21. The lowest BCUT2D eigenvalue weighted by Gasteiger charge is -2.26. The predicted molar refractivity (Wildman–Crippen MR) is 107 cm³/mol. The highest BCUT2D eigenvalue weighted by Gasteiger charge is 2.23. The number of benzene rings is 1. The van der Waals surface area contributed by atoms with E-state index < -0.39 is 0 Å². The Morgan fingerprint density at radius 2 is 2.22 bits per heavy atom. The summed E-state index contributed by atoms with van der Waals surface area (Å²) in [7, 11) is 1.41. The molecular weight excluding hydrogens is 358 g/mol. The van der Waals surface area contributed by atoms with Gasteiger partial charge in [-0.15, -0.1) is 0 Å². The summed E-state index contributed by atoms with van der Waals surface area (Å²) in [6.45, 7) is 0.724. The maximum absolute atomic E-state index is 12.0. The average molecular weight is 379 g/mol. The number of carbonyl (C=O) groups is 1. The first-order valence-corrected chi connectivity index (χ1v) is 10.0. The van der Waals surface area contributed by atoms with Gasteiger partial charge < -0.3 is 9.47 Å². The Morgan fingerprint density at radius 1 is 1.30 bits per heavy atom. The largest absolute Gasteiger partial charge is 0.493 e. The second-order valence-electron chi connectivity index (χ2n) is 6.66. The van der Waals surface area contributed by atoms with Gasteiger partial charge in [-0.2, -0.15) is 11.3 Å². The molecular formula is C22H21NO3S. The van der Waals surface area contributed by atoms with Gasteiger partial charge in [0.1, 0.15) is 5.75 Å². The molecule has 0 aliphatic carbocycles. The van der Waals surface area contributed by atoms with Gasteiger partial charge >= 0.3 is 5.97 Å². The van der Waals surface area contributed by atoms with Crippen LogP contribution >= 0.6 is 11.3 Å². The lowest BCUT2D eigenvalue weighted by molar-refractivity contribution is 0.0599. The van der Waals surface area contributed by atoms with E-state index in [0.29, 0.717) is 11.5 Å². The number of carbonyl (C=O) groups excluding carboxylic acids is 1. The Morgan fingerprint density at radius 3 is 3.04 bits per heavy atom. The highest BCUT2D eigenvalue weighted by atomic mass is 32.1. The predicted octanol–water partition coefficient (Wildman–Crippen LogP) is 5.10. The van der Waals surface area contributed by atoms with Crippen molar-refractivity contribution in [3.63, 3.8) is 0 Å². The Hall–Kier alpha value is -2.66. The third kappa shape index (κ3) is 3.74. The van der Waals surface area contributed by atoms with Crippen LogP contribution in [0.4, 0.5) is 0 Å². The molecule has 1 aromatic carbocycles. The number of thiophene rings is 1. The van der Waals surface area contributed by atoms with Crippen LogP contribution in [-0.2, 0) is 11.2 Å². The van der Waals surface area contributed by atoms with Gasteiger partial charge in [-0.1, -0.05) is 12.1 Å². The zero-order valence-electron chi connectivity index (χ0n) is 15.2. The van der Waals surface area contributed by atoms with Crippen molar-refractivity contribution in [2.24, 2.45) is 0 Å². The zero-order chi connectivity index (χ0) is 18.6. The van der Waals surface area contributed by atoms with E-state index in [0.717, 1.165) is 37.2 Å². The minimum absolute atomic E-state index is 0.305. The van der Waals surface area contributed by atoms with Crippen molar-refractivity contribution in [1.82, 2.24) is 4.98 Å². The molecule has 0 bridgehead atoms. The fourth-order valence-electron chi connectivity index (χ4n) is 3.64. The van der Waals surface area contributed by atoms with Gasteiger partial charge in [-0.25, -0.2) is 4.79 Å². The standard InChI is InChI=1S/C22H21NO3S/c1-25-22(24)20-6-9-23-13-17(20)3-2-15-7-10-26-21-12-16(4-5-19(15)21)18-8-11-27-14-18/h4-6,8-9,11-15H,2-3,7,10H2,1H3/t15-/m0/s1. The number of rotatable bonds is 5. The van der Waals surface area contributed by atoms with Gasteiger partial charge in [0.05, 0.1) is 19.3 Å². The molecule has 0 N–H and O–H groups in total. The van der Waals surface area contributed by atoms with E-state index in [-0.39, 0.29) is 5.97 Å². The van der Waals surface area contributed by atoms with Crippen LogP contribution in [0.2, 0.25) is 0 Å². The first kappa shape index (κ1) is 17.7. The first-order valence-electron chi connectivity index (χ1n) is 9.07. The number of methoxy groups -OCH3 is 1. The fourth-order valence-corrected chi connectivity index (χ4v) is 4.30. The molecule has 138 valence electrons. The minimum atomic E-state index is -0.305. The van der Waals surface area contributed by atoms with Crippen molar-refractivity contribution in [2.75, 3.05) is 13.7 Å². The molecule has 0 radical (unpaired) electrons. The summed E-state index contributed by atoms with van der Waals surface area (Å²) in [6, 6.07) is 10.4. The maximum Gasteiger partial charge on any atom is 0.338 e. The number of aryl methyl sites for hydroxylation is 1. The molecule has 1 atom stereocenters. The molecule has 1 aliphatic rings. The summed E-state index contributed by atoms with van der Waals surface area (Å²) >= 11 is 1.70. The van der Waals surface area contributed by atoms with Crippen molar-refractivity contribution in [3.8, 4) is 16.9 Å². The van der Waals surface area contributed by atoms with Crippen LogP contribution < -0.4 is 4.74 Å². The van der Waals surface area contributed by atoms with E-state index in [9.17, 15) is 4.79 Å². The summed E-state index contributed by atoms with van der Waals surface area (Å²) in [6.07, 6.45) is 6.12. The van der Waals surface area contributed by atoms with Crippen molar-refractivity contribution in [3.05, 3.63) is 70.2 Å². The number of esters is 1. The van der Waals surface area contributed by atoms with Crippen molar-refractivity contribution in [1.29, 1.82) is 0 Å². The Labute approximate surface area is 162 Å². The number of hydrogen-bond acceptors (Lipinski definition) is 5. The Kier molecular flexibility index (Phi) is 5.21. The van der Waals surface area contributed by atoms with Crippen molar-refractivity contribution < 1.29 is 14.3 Å². The molecule has 27 heavy (non-hydrogen) atoms. The monoisotopic (exact) mass is 379 g/mol. The Balaban J connectivity index is 1.53. The number of nitrogens with zero attached hydrogens (tertiary/aromatic N) is 1. The molecule has 2 aromatic heterocycles. The molecule has 0 saturated heterocycles. The maximum atomic E-state index is 12.0. The van der Waals surface area contributed by atoms with Gasteiger partial charge in [0.15, 0.2) is 0 Å². The highest BCUT2D eigenvalue weighted by Crippen LogP contribution is 2.39. The molecule has 3 heterocycles. The van der Waals surface area contributed by atoms with Gasteiger partial charge in [0.2, 0.25) is 0 Å². The molecule has 5 heteroatoms. The number of ether oxygens (including phenoxy) is 2. The highest BCUT2D eigenvalue weighted by molar-refractivity contribution is 7.08. The van der Waals surface area contributed by atoms with Crippen LogP contribution in [0, 0.1) is 0 Å². The van der Waals surface area contributed by atoms with E-state index in [1.807, 2.05) is 0 Å².